The largest absolute Gasteiger partial charge is 0.480 e. The van der Waals surface area contributed by atoms with Crippen LogP contribution in [-0.2, 0) is 0 Å². The summed E-state index contributed by atoms with van der Waals surface area (Å²) in [5.41, 5.74) is 1.28. The predicted molar refractivity (Wildman–Crippen MR) is 64.1 cm³/mol. The van der Waals surface area contributed by atoms with Gasteiger partial charge in [0.2, 0.25) is 11.7 Å². The number of aromatic nitrogens is 2. The number of ketones is 1. The number of Topliss-reactive ketones (excluding diaryl/α,β-unsaturated/α-hetero) is 1. The minimum atomic E-state index is 0.00190. The molecule has 1 aliphatic carbocycles. The Hall–Kier alpha value is -1.71. The first-order chi connectivity index (χ1) is 8.31. The maximum absolute atomic E-state index is 12.1. The van der Waals surface area contributed by atoms with Gasteiger partial charge >= 0.3 is 0 Å². The minimum Gasteiger partial charge on any atom is -0.480 e. The van der Waals surface area contributed by atoms with Crippen molar-refractivity contribution < 1.29 is 9.53 Å². The van der Waals surface area contributed by atoms with Crippen molar-refractivity contribution in [3.63, 3.8) is 0 Å². The highest BCUT2D eigenvalue weighted by atomic mass is 16.5. The monoisotopic (exact) mass is 232 g/mol. The van der Waals surface area contributed by atoms with Gasteiger partial charge in [-0.25, -0.2) is 0 Å². The summed E-state index contributed by atoms with van der Waals surface area (Å²) in [6.45, 7) is 0. The molecule has 1 aromatic heterocycles. The average Bonchev–Trinajstić information content (AvgIpc) is 2.67. The van der Waals surface area contributed by atoms with Crippen LogP contribution >= 0.6 is 0 Å². The van der Waals surface area contributed by atoms with Crippen molar-refractivity contribution in [2.24, 2.45) is 0 Å². The Balaban J connectivity index is 2.15. The lowest BCUT2D eigenvalue weighted by Crippen LogP contribution is -2.07. The Labute approximate surface area is 101 Å². The summed E-state index contributed by atoms with van der Waals surface area (Å²) in [6.07, 6.45) is 7.34. The number of nitrogens with zero attached hydrogens (tertiary/aromatic N) is 2. The highest BCUT2D eigenvalue weighted by Gasteiger charge is 2.15. The van der Waals surface area contributed by atoms with Crippen LogP contribution in [0.3, 0.4) is 0 Å². The Morgan fingerprint density at radius 1 is 1.24 bits per heavy atom. The first-order valence-corrected chi connectivity index (χ1v) is 5.92. The molecule has 0 saturated carbocycles. The molecule has 0 spiro atoms. The molecular weight excluding hydrogens is 216 g/mol. The molecule has 0 radical (unpaired) electrons. The van der Waals surface area contributed by atoms with Crippen molar-refractivity contribution >= 4 is 5.78 Å². The molecule has 90 valence electrons. The van der Waals surface area contributed by atoms with Crippen LogP contribution in [0.25, 0.3) is 0 Å². The molecule has 1 heterocycles. The molecule has 1 aliphatic rings. The lowest BCUT2D eigenvalue weighted by Gasteiger charge is -2.03. The lowest BCUT2D eigenvalue weighted by molar-refractivity contribution is 0.102. The molecule has 0 bridgehead atoms. The van der Waals surface area contributed by atoms with Crippen LogP contribution in [0.1, 0.15) is 42.6 Å². The van der Waals surface area contributed by atoms with Gasteiger partial charge in [0.15, 0.2) is 0 Å². The summed E-state index contributed by atoms with van der Waals surface area (Å²) < 4.78 is 4.91. The van der Waals surface area contributed by atoms with E-state index < -0.39 is 0 Å². The van der Waals surface area contributed by atoms with E-state index in [0.29, 0.717) is 11.6 Å². The van der Waals surface area contributed by atoms with E-state index in [-0.39, 0.29) is 5.78 Å². The van der Waals surface area contributed by atoms with Crippen LogP contribution in [0.5, 0.6) is 5.88 Å². The van der Waals surface area contributed by atoms with E-state index in [1.165, 1.54) is 20.0 Å². The zero-order valence-electron chi connectivity index (χ0n) is 9.98. The van der Waals surface area contributed by atoms with Gasteiger partial charge in [-0.05, 0) is 37.3 Å². The Bertz CT molecular complexity index is 424. The number of methoxy groups -OCH3 is 1. The third kappa shape index (κ3) is 2.90. The van der Waals surface area contributed by atoms with Crippen molar-refractivity contribution in [2.45, 2.75) is 32.1 Å². The van der Waals surface area contributed by atoms with Gasteiger partial charge in [-0.2, -0.15) is 0 Å². The molecular formula is C13H16N2O2. The maximum Gasteiger partial charge on any atom is 0.233 e. The normalized spacial score (nSPS) is 15.9. The summed E-state index contributed by atoms with van der Waals surface area (Å²) in [7, 11) is 1.53. The second-order valence-electron chi connectivity index (χ2n) is 4.12. The van der Waals surface area contributed by atoms with E-state index in [2.05, 4.69) is 10.2 Å². The SMILES string of the molecule is COc1ccc(C(=O)C2=CCCCCC2)nn1. The number of hydrogen-bond donors (Lipinski definition) is 0. The van der Waals surface area contributed by atoms with Gasteiger partial charge in [-0.3, -0.25) is 4.79 Å². The number of hydrogen-bond acceptors (Lipinski definition) is 4. The van der Waals surface area contributed by atoms with E-state index >= 15 is 0 Å². The van der Waals surface area contributed by atoms with Crippen molar-refractivity contribution in [3.05, 3.63) is 29.5 Å². The van der Waals surface area contributed by atoms with Gasteiger partial charge in [0, 0.05) is 6.07 Å². The van der Waals surface area contributed by atoms with Crippen LogP contribution < -0.4 is 4.74 Å². The number of allylic oxidation sites excluding steroid dienone is 2. The molecule has 0 N–H and O–H groups in total. The average molecular weight is 232 g/mol. The Morgan fingerprint density at radius 2 is 2.12 bits per heavy atom. The first kappa shape index (κ1) is 11.8. The third-order valence-electron chi connectivity index (χ3n) is 2.91. The van der Waals surface area contributed by atoms with Gasteiger partial charge in [-0.1, -0.05) is 12.5 Å². The van der Waals surface area contributed by atoms with Gasteiger partial charge in [-0.15, -0.1) is 10.2 Å². The third-order valence-corrected chi connectivity index (χ3v) is 2.91. The topological polar surface area (TPSA) is 52.1 Å². The van der Waals surface area contributed by atoms with Gasteiger partial charge in [0.05, 0.1) is 7.11 Å². The van der Waals surface area contributed by atoms with Gasteiger partial charge < -0.3 is 4.74 Å². The van der Waals surface area contributed by atoms with Crippen LogP contribution in [-0.4, -0.2) is 23.1 Å². The molecule has 0 saturated heterocycles. The second-order valence-corrected chi connectivity index (χ2v) is 4.12. The van der Waals surface area contributed by atoms with Crippen LogP contribution in [0.2, 0.25) is 0 Å². The summed E-state index contributed by atoms with van der Waals surface area (Å²) in [5, 5.41) is 7.71. The molecule has 0 fully saturated rings. The summed E-state index contributed by atoms with van der Waals surface area (Å²) in [4.78, 5) is 12.1. The van der Waals surface area contributed by atoms with Gasteiger partial charge in [0.25, 0.3) is 0 Å². The highest BCUT2D eigenvalue weighted by molar-refractivity contribution is 6.07. The first-order valence-electron chi connectivity index (χ1n) is 5.92. The van der Waals surface area contributed by atoms with Crippen molar-refractivity contribution in [1.29, 1.82) is 0 Å². The zero-order chi connectivity index (χ0) is 12.1. The van der Waals surface area contributed by atoms with Crippen molar-refractivity contribution in [3.8, 4) is 5.88 Å². The van der Waals surface area contributed by atoms with Crippen LogP contribution in [0, 0.1) is 0 Å². The van der Waals surface area contributed by atoms with Crippen LogP contribution in [0.15, 0.2) is 23.8 Å². The number of ether oxygens (including phenoxy) is 1. The second kappa shape index (κ2) is 5.57. The van der Waals surface area contributed by atoms with E-state index in [1.54, 1.807) is 12.1 Å². The lowest BCUT2D eigenvalue weighted by atomic mass is 10.0. The molecule has 4 nitrogen and oxygen atoms in total. The highest BCUT2D eigenvalue weighted by Crippen LogP contribution is 2.20. The maximum atomic E-state index is 12.1. The molecule has 17 heavy (non-hydrogen) atoms. The predicted octanol–water partition coefficient (Wildman–Crippen LogP) is 2.56. The summed E-state index contributed by atoms with van der Waals surface area (Å²) >= 11 is 0. The number of carbonyl (C=O) groups excluding carboxylic acids is 1. The van der Waals surface area contributed by atoms with E-state index in [4.69, 9.17) is 4.74 Å². The van der Waals surface area contributed by atoms with Crippen molar-refractivity contribution in [2.75, 3.05) is 7.11 Å². The van der Waals surface area contributed by atoms with Gasteiger partial charge in [0.1, 0.15) is 5.69 Å². The fraction of sp³-hybridized carbons (Fsp3) is 0.462. The van der Waals surface area contributed by atoms with E-state index in [9.17, 15) is 4.79 Å². The quantitative estimate of drug-likeness (QED) is 0.751. The smallest absolute Gasteiger partial charge is 0.233 e. The number of carbonyl (C=O) groups is 1. The van der Waals surface area contributed by atoms with E-state index in [0.717, 1.165) is 24.8 Å². The molecule has 0 amide bonds. The summed E-state index contributed by atoms with van der Waals surface area (Å²) in [6, 6.07) is 3.33. The molecule has 4 heteroatoms. The fourth-order valence-corrected chi connectivity index (χ4v) is 1.94. The molecule has 2 rings (SSSR count). The Kier molecular flexibility index (Phi) is 3.85. The molecule has 1 aromatic rings. The van der Waals surface area contributed by atoms with Crippen molar-refractivity contribution in [1.82, 2.24) is 10.2 Å². The molecule has 0 aliphatic heterocycles. The Morgan fingerprint density at radius 3 is 2.82 bits per heavy atom. The molecule has 0 atom stereocenters. The fourth-order valence-electron chi connectivity index (χ4n) is 1.94. The molecule has 0 aromatic carbocycles. The molecule has 0 unspecified atom stereocenters. The standard InChI is InChI=1S/C13H16N2O2/c1-17-12-9-8-11(14-15-12)13(16)10-6-4-2-3-5-7-10/h6,8-9H,2-5,7H2,1H3. The number of rotatable bonds is 3. The van der Waals surface area contributed by atoms with E-state index in [1.807, 2.05) is 6.08 Å². The minimum absolute atomic E-state index is 0.00190. The van der Waals surface area contributed by atoms with Crippen LogP contribution in [0.4, 0.5) is 0 Å². The zero-order valence-corrected chi connectivity index (χ0v) is 9.98. The summed E-state index contributed by atoms with van der Waals surface area (Å²) in [5.74, 6) is 0.429.